The van der Waals surface area contributed by atoms with Gasteiger partial charge in [0.2, 0.25) is 5.91 Å². The first-order chi connectivity index (χ1) is 9.61. The van der Waals surface area contributed by atoms with Crippen LogP contribution in [0.1, 0.15) is 31.9 Å². The van der Waals surface area contributed by atoms with E-state index in [-0.39, 0.29) is 24.0 Å². The van der Waals surface area contributed by atoms with E-state index in [4.69, 9.17) is 9.84 Å². The lowest BCUT2D eigenvalue weighted by Gasteiger charge is -2.17. The Bertz CT molecular complexity index is 499. The van der Waals surface area contributed by atoms with Crippen molar-refractivity contribution in [2.45, 2.75) is 45.7 Å². The van der Waals surface area contributed by atoms with Crippen molar-refractivity contribution in [3.05, 3.63) is 29.3 Å². The predicted molar refractivity (Wildman–Crippen MR) is 70.7 cm³/mol. The molecule has 0 saturated heterocycles. The van der Waals surface area contributed by atoms with Gasteiger partial charge in [-0.2, -0.15) is 13.2 Å². The molecule has 0 saturated carbocycles. The molecule has 0 aliphatic rings. The van der Waals surface area contributed by atoms with E-state index >= 15 is 0 Å². The van der Waals surface area contributed by atoms with Gasteiger partial charge in [0.25, 0.3) is 0 Å². The standard InChI is InChI=1S/C14H18F3NO3/c1-8(2)21-11-5-4-10(7-18-13(20)9(3)19)12(6-11)14(15,16)17/h4-6,8-9,19H,7H2,1-3H3,(H,18,20). The summed E-state index contributed by atoms with van der Waals surface area (Å²) in [6, 6.07) is 3.58. The van der Waals surface area contributed by atoms with E-state index < -0.39 is 23.8 Å². The molecule has 1 atom stereocenters. The first-order valence-corrected chi connectivity index (χ1v) is 6.43. The zero-order chi connectivity index (χ0) is 16.2. The Morgan fingerprint density at radius 1 is 1.33 bits per heavy atom. The quantitative estimate of drug-likeness (QED) is 0.878. The maximum atomic E-state index is 13.0. The van der Waals surface area contributed by atoms with Crippen LogP contribution in [0.2, 0.25) is 0 Å². The molecule has 7 heteroatoms. The molecular formula is C14H18F3NO3. The smallest absolute Gasteiger partial charge is 0.416 e. The number of hydrogen-bond acceptors (Lipinski definition) is 3. The summed E-state index contributed by atoms with van der Waals surface area (Å²) in [4.78, 5) is 11.2. The largest absolute Gasteiger partial charge is 0.491 e. The van der Waals surface area contributed by atoms with Gasteiger partial charge in [0.1, 0.15) is 11.9 Å². The minimum atomic E-state index is -4.55. The van der Waals surface area contributed by atoms with E-state index in [2.05, 4.69) is 5.32 Å². The molecule has 2 N–H and O–H groups in total. The molecule has 0 radical (unpaired) electrons. The fraction of sp³-hybridized carbons (Fsp3) is 0.500. The highest BCUT2D eigenvalue weighted by Crippen LogP contribution is 2.34. The summed E-state index contributed by atoms with van der Waals surface area (Å²) in [5.41, 5.74) is -0.959. The average Bonchev–Trinajstić information content (AvgIpc) is 2.34. The number of carbonyl (C=O) groups is 1. The molecule has 1 aromatic rings. The molecule has 0 fully saturated rings. The lowest BCUT2D eigenvalue weighted by atomic mass is 10.1. The maximum Gasteiger partial charge on any atom is 0.416 e. The number of aliphatic hydroxyl groups excluding tert-OH is 1. The Balaban J connectivity index is 3.00. The monoisotopic (exact) mass is 305 g/mol. The van der Waals surface area contributed by atoms with Crippen molar-refractivity contribution in [1.29, 1.82) is 0 Å². The number of ether oxygens (including phenoxy) is 1. The van der Waals surface area contributed by atoms with E-state index in [1.54, 1.807) is 13.8 Å². The summed E-state index contributed by atoms with van der Waals surface area (Å²) in [5, 5.41) is 11.3. The summed E-state index contributed by atoms with van der Waals surface area (Å²) in [7, 11) is 0. The van der Waals surface area contributed by atoms with Crippen molar-refractivity contribution in [2.75, 3.05) is 0 Å². The van der Waals surface area contributed by atoms with Gasteiger partial charge in [-0.15, -0.1) is 0 Å². The number of halogens is 3. The molecule has 0 aliphatic heterocycles. The number of nitrogens with one attached hydrogen (secondary N) is 1. The number of hydrogen-bond donors (Lipinski definition) is 2. The Hall–Kier alpha value is -1.76. The first-order valence-electron chi connectivity index (χ1n) is 6.43. The van der Waals surface area contributed by atoms with Gasteiger partial charge in [0.15, 0.2) is 0 Å². The number of carbonyl (C=O) groups excluding carboxylic acids is 1. The Morgan fingerprint density at radius 2 is 1.95 bits per heavy atom. The molecule has 0 heterocycles. The second kappa shape index (κ2) is 6.80. The van der Waals surface area contributed by atoms with Crippen LogP contribution in [0, 0.1) is 0 Å². The van der Waals surface area contributed by atoms with Crippen LogP contribution in [-0.2, 0) is 17.5 Å². The molecule has 1 aromatic carbocycles. The third-order valence-corrected chi connectivity index (χ3v) is 2.59. The van der Waals surface area contributed by atoms with Gasteiger partial charge in [-0.1, -0.05) is 6.07 Å². The van der Waals surface area contributed by atoms with E-state index in [1.807, 2.05) is 0 Å². The highest BCUT2D eigenvalue weighted by molar-refractivity contribution is 5.79. The van der Waals surface area contributed by atoms with E-state index in [0.29, 0.717) is 0 Å². The number of benzene rings is 1. The molecule has 1 amide bonds. The minimum absolute atomic E-state index is 0.0902. The second-order valence-corrected chi connectivity index (χ2v) is 4.88. The highest BCUT2D eigenvalue weighted by atomic mass is 19.4. The number of alkyl halides is 3. The third-order valence-electron chi connectivity index (χ3n) is 2.59. The van der Waals surface area contributed by atoms with Crippen LogP contribution in [0.3, 0.4) is 0 Å². The lowest BCUT2D eigenvalue weighted by Crippen LogP contribution is -2.32. The fourth-order valence-corrected chi connectivity index (χ4v) is 1.65. The van der Waals surface area contributed by atoms with Crippen LogP contribution in [0.25, 0.3) is 0 Å². The van der Waals surface area contributed by atoms with Gasteiger partial charge < -0.3 is 15.2 Å². The zero-order valence-electron chi connectivity index (χ0n) is 12.0. The van der Waals surface area contributed by atoms with Crippen LogP contribution in [0.4, 0.5) is 13.2 Å². The topological polar surface area (TPSA) is 58.6 Å². The van der Waals surface area contributed by atoms with Crippen molar-refractivity contribution in [3.8, 4) is 5.75 Å². The van der Waals surface area contributed by atoms with Crippen molar-refractivity contribution in [1.82, 2.24) is 5.32 Å². The molecule has 0 bridgehead atoms. The lowest BCUT2D eigenvalue weighted by molar-refractivity contribution is -0.138. The van der Waals surface area contributed by atoms with E-state index in [0.717, 1.165) is 6.07 Å². The maximum absolute atomic E-state index is 13.0. The third kappa shape index (κ3) is 5.26. The van der Waals surface area contributed by atoms with E-state index in [1.165, 1.54) is 19.1 Å². The highest BCUT2D eigenvalue weighted by Gasteiger charge is 2.34. The summed E-state index contributed by atoms with van der Waals surface area (Å²) in [5.74, 6) is -0.617. The zero-order valence-corrected chi connectivity index (χ0v) is 12.0. The van der Waals surface area contributed by atoms with Crippen molar-refractivity contribution < 1.29 is 27.8 Å². The molecule has 4 nitrogen and oxygen atoms in total. The summed E-state index contributed by atoms with van der Waals surface area (Å²) in [6.07, 6.45) is -6.07. The molecular weight excluding hydrogens is 287 g/mol. The molecule has 21 heavy (non-hydrogen) atoms. The van der Waals surface area contributed by atoms with Gasteiger partial charge in [-0.3, -0.25) is 4.79 Å². The van der Waals surface area contributed by atoms with Gasteiger partial charge >= 0.3 is 6.18 Å². The average molecular weight is 305 g/mol. The summed E-state index contributed by atoms with van der Waals surface area (Å²) in [6.45, 7) is 4.34. The Kier molecular flexibility index (Phi) is 5.60. The fourth-order valence-electron chi connectivity index (χ4n) is 1.65. The SMILES string of the molecule is CC(C)Oc1ccc(CNC(=O)C(C)O)c(C(F)(F)F)c1. The summed E-state index contributed by atoms with van der Waals surface area (Å²) < 4.78 is 44.3. The van der Waals surface area contributed by atoms with Crippen molar-refractivity contribution in [2.24, 2.45) is 0 Å². The van der Waals surface area contributed by atoms with E-state index in [9.17, 15) is 18.0 Å². The van der Waals surface area contributed by atoms with Crippen LogP contribution in [-0.4, -0.2) is 23.2 Å². The Morgan fingerprint density at radius 3 is 2.43 bits per heavy atom. The van der Waals surface area contributed by atoms with Gasteiger partial charge in [-0.25, -0.2) is 0 Å². The normalized spacial score (nSPS) is 13.1. The van der Waals surface area contributed by atoms with Gasteiger partial charge in [0.05, 0.1) is 11.7 Å². The molecule has 1 rings (SSSR count). The second-order valence-electron chi connectivity index (χ2n) is 4.88. The minimum Gasteiger partial charge on any atom is -0.491 e. The predicted octanol–water partition coefficient (Wildman–Crippen LogP) is 2.49. The van der Waals surface area contributed by atoms with Gasteiger partial charge in [-0.05, 0) is 38.5 Å². The summed E-state index contributed by atoms with van der Waals surface area (Å²) >= 11 is 0. The molecule has 0 aromatic heterocycles. The molecule has 118 valence electrons. The van der Waals surface area contributed by atoms with Crippen LogP contribution < -0.4 is 10.1 Å². The van der Waals surface area contributed by atoms with Crippen LogP contribution in [0.15, 0.2) is 18.2 Å². The van der Waals surface area contributed by atoms with Crippen LogP contribution >= 0.6 is 0 Å². The molecule has 1 unspecified atom stereocenters. The number of amides is 1. The Labute approximate surface area is 120 Å². The number of rotatable bonds is 5. The number of aliphatic hydroxyl groups is 1. The first kappa shape index (κ1) is 17.3. The molecule has 0 spiro atoms. The van der Waals surface area contributed by atoms with Crippen molar-refractivity contribution >= 4 is 5.91 Å². The van der Waals surface area contributed by atoms with Gasteiger partial charge in [0, 0.05) is 6.54 Å². The molecule has 0 aliphatic carbocycles. The van der Waals surface area contributed by atoms with Crippen molar-refractivity contribution in [3.63, 3.8) is 0 Å². The van der Waals surface area contributed by atoms with Crippen LogP contribution in [0.5, 0.6) is 5.75 Å².